The SMILES string of the molecule is CN1CCC(c2nc3ccc(C(=O)NC4CCCCC4)cc3s2)CC1. The van der Waals surface area contributed by atoms with Crippen LogP contribution in [0.25, 0.3) is 10.2 Å². The van der Waals surface area contributed by atoms with Gasteiger partial charge in [-0.05, 0) is 64.0 Å². The molecule has 4 rings (SSSR count). The normalized spacial score (nSPS) is 20.8. The molecule has 4 nitrogen and oxygen atoms in total. The van der Waals surface area contributed by atoms with E-state index in [1.165, 1.54) is 37.1 Å². The van der Waals surface area contributed by atoms with Crippen molar-refractivity contribution in [2.24, 2.45) is 0 Å². The van der Waals surface area contributed by atoms with Crippen LogP contribution in [0.2, 0.25) is 0 Å². The van der Waals surface area contributed by atoms with Crippen molar-refractivity contribution in [3.8, 4) is 0 Å². The Morgan fingerprint density at radius 2 is 1.92 bits per heavy atom. The smallest absolute Gasteiger partial charge is 0.251 e. The van der Waals surface area contributed by atoms with Crippen LogP contribution in [0.15, 0.2) is 18.2 Å². The molecule has 1 amide bonds. The van der Waals surface area contributed by atoms with Crippen LogP contribution in [0.3, 0.4) is 0 Å². The quantitative estimate of drug-likeness (QED) is 0.897. The summed E-state index contributed by atoms with van der Waals surface area (Å²) in [7, 11) is 2.19. The van der Waals surface area contributed by atoms with Gasteiger partial charge in [-0.15, -0.1) is 11.3 Å². The van der Waals surface area contributed by atoms with E-state index in [-0.39, 0.29) is 5.91 Å². The Bertz CT molecular complexity index is 742. The molecule has 1 saturated carbocycles. The van der Waals surface area contributed by atoms with Gasteiger partial charge in [-0.25, -0.2) is 4.98 Å². The van der Waals surface area contributed by atoms with Crippen LogP contribution in [-0.2, 0) is 0 Å². The maximum Gasteiger partial charge on any atom is 0.251 e. The van der Waals surface area contributed by atoms with Crippen molar-refractivity contribution in [2.75, 3.05) is 20.1 Å². The molecule has 1 aliphatic heterocycles. The first-order valence-electron chi connectivity index (χ1n) is 9.59. The highest BCUT2D eigenvalue weighted by atomic mass is 32.1. The maximum atomic E-state index is 12.6. The van der Waals surface area contributed by atoms with Gasteiger partial charge in [0.15, 0.2) is 0 Å². The number of rotatable bonds is 3. The van der Waals surface area contributed by atoms with E-state index >= 15 is 0 Å². The van der Waals surface area contributed by atoms with Crippen LogP contribution in [0, 0.1) is 0 Å². The average molecular weight is 358 g/mol. The average Bonchev–Trinajstić information content (AvgIpc) is 3.06. The molecular formula is C20H27N3OS. The highest BCUT2D eigenvalue weighted by Crippen LogP contribution is 2.34. The van der Waals surface area contributed by atoms with E-state index in [1.807, 2.05) is 18.2 Å². The van der Waals surface area contributed by atoms with Crippen molar-refractivity contribution in [1.29, 1.82) is 0 Å². The number of benzene rings is 1. The number of nitrogens with zero attached hydrogens (tertiary/aromatic N) is 2. The molecule has 1 N–H and O–H groups in total. The fourth-order valence-electron chi connectivity index (χ4n) is 4.03. The summed E-state index contributed by atoms with van der Waals surface area (Å²) < 4.78 is 1.14. The Kier molecular flexibility index (Phi) is 5.04. The summed E-state index contributed by atoms with van der Waals surface area (Å²) >= 11 is 1.77. The number of hydrogen-bond acceptors (Lipinski definition) is 4. The van der Waals surface area contributed by atoms with E-state index < -0.39 is 0 Å². The summed E-state index contributed by atoms with van der Waals surface area (Å²) in [5.74, 6) is 0.649. The molecule has 5 heteroatoms. The number of aromatic nitrogens is 1. The number of carbonyl (C=O) groups is 1. The van der Waals surface area contributed by atoms with Crippen LogP contribution in [0.5, 0.6) is 0 Å². The van der Waals surface area contributed by atoms with Gasteiger partial charge in [0.1, 0.15) is 0 Å². The van der Waals surface area contributed by atoms with Crippen LogP contribution in [0.4, 0.5) is 0 Å². The molecule has 0 radical (unpaired) electrons. The van der Waals surface area contributed by atoms with Gasteiger partial charge < -0.3 is 10.2 Å². The maximum absolute atomic E-state index is 12.6. The number of thiazole rings is 1. The summed E-state index contributed by atoms with van der Waals surface area (Å²) in [6, 6.07) is 6.33. The molecule has 0 bridgehead atoms. The topological polar surface area (TPSA) is 45.2 Å². The Hall–Kier alpha value is -1.46. The number of hydrogen-bond donors (Lipinski definition) is 1. The molecule has 2 fully saturated rings. The van der Waals surface area contributed by atoms with Crippen molar-refractivity contribution < 1.29 is 4.79 Å². The summed E-state index contributed by atoms with van der Waals surface area (Å²) in [6.45, 7) is 2.30. The second-order valence-corrected chi connectivity index (χ2v) is 8.68. The second kappa shape index (κ2) is 7.42. The molecule has 0 unspecified atom stereocenters. The van der Waals surface area contributed by atoms with Crippen LogP contribution < -0.4 is 5.32 Å². The third-order valence-corrected chi connectivity index (χ3v) is 6.86. The standard InChI is InChI=1S/C20H27N3OS/c1-23-11-9-14(10-12-23)20-22-17-8-7-15(13-18(17)25-20)19(24)21-16-5-3-2-4-6-16/h7-8,13-14,16H,2-6,9-12H2,1H3,(H,21,24). The van der Waals surface area contributed by atoms with E-state index in [1.54, 1.807) is 11.3 Å². The van der Waals surface area contributed by atoms with Crippen LogP contribution in [0.1, 0.15) is 66.2 Å². The first kappa shape index (κ1) is 17.0. The first-order chi connectivity index (χ1) is 12.2. The third kappa shape index (κ3) is 3.87. The van der Waals surface area contributed by atoms with Crippen molar-refractivity contribution in [3.63, 3.8) is 0 Å². The molecule has 1 aliphatic carbocycles. The van der Waals surface area contributed by atoms with Gasteiger partial charge in [0.2, 0.25) is 0 Å². The Morgan fingerprint density at radius 1 is 1.16 bits per heavy atom. The zero-order valence-electron chi connectivity index (χ0n) is 15.0. The molecule has 1 aromatic heterocycles. The summed E-state index contributed by atoms with van der Waals surface area (Å²) in [4.78, 5) is 19.8. The Balaban J connectivity index is 1.48. The Labute approximate surface area is 153 Å². The van der Waals surface area contributed by atoms with Crippen LogP contribution in [-0.4, -0.2) is 42.0 Å². The second-order valence-electron chi connectivity index (χ2n) is 7.62. The van der Waals surface area contributed by atoms with Gasteiger partial charge in [0.05, 0.1) is 15.2 Å². The molecule has 25 heavy (non-hydrogen) atoms. The lowest BCUT2D eigenvalue weighted by Gasteiger charge is -2.27. The molecule has 1 saturated heterocycles. The molecule has 2 aliphatic rings. The molecule has 134 valence electrons. The predicted octanol–water partition coefficient (Wildman–Crippen LogP) is 4.17. The molecule has 0 spiro atoms. The third-order valence-electron chi connectivity index (χ3n) is 5.68. The fraction of sp³-hybridized carbons (Fsp3) is 0.600. The predicted molar refractivity (Wildman–Crippen MR) is 103 cm³/mol. The van der Waals surface area contributed by atoms with Gasteiger partial charge in [-0.3, -0.25) is 4.79 Å². The van der Waals surface area contributed by atoms with E-state index in [9.17, 15) is 4.79 Å². The zero-order chi connectivity index (χ0) is 17.2. The number of piperidine rings is 1. The summed E-state index contributed by atoms with van der Waals surface area (Å²) in [5.41, 5.74) is 1.81. The minimum Gasteiger partial charge on any atom is -0.349 e. The minimum absolute atomic E-state index is 0.0723. The van der Waals surface area contributed by atoms with Gasteiger partial charge in [-0.1, -0.05) is 19.3 Å². The lowest BCUT2D eigenvalue weighted by molar-refractivity contribution is 0.0928. The van der Waals surface area contributed by atoms with Gasteiger partial charge in [0, 0.05) is 17.5 Å². The van der Waals surface area contributed by atoms with E-state index in [0.29, 0.717) is 12.0 Å². The number of nitrogens with one attached hydrogen (secondary N) is 1. The molecule has 2 aromatic rings. The lowest BCUT2D eigenvalue weighted by atomic mass is 9.95. The largest absolute Gasteiger partial charge is 0.349 e. The van der Waals surface area contributed by atoms with Gasteiger partial charge in [-0.2, -0.15) is 0 Å². The number of amides is 1. The minimum atomic E-state index is 0.0723. The monoisotopic (exact) mass is 357 g/mol. The highest BCUT2D eigenvalue weighted by molar-refractivity contribution is 7.18. The number of likely N-dealkylation sites (tertiary alicyclic amines) is 1. The highest BCUT2D eigenvalue weighted by Gasteiger charge is 2.22. The molecule has 0 atom stereocenters. The summed E-state index contributed by atoms with van der Waals surface area (Å²) in [6.07, 6.45) is 8.39. The lowest BCUT2D eigenvalue weighted by Crippen LogP contribution is -2.36. The Morgan fingerprint density at radius 3 is 2.68 bits per heavy atom. The van der Waals surface area contributed by atoms with Crippen molar-refractivity contribution in [2.45, 2.75) is 56.9 Å². The van der Waals surface area contributed by atoms with Gasteiger partial charge in [0.25, 0.3) is 5.91 Å². The van der Waals surface area contributed by atoms with Crippen LogP contribution >= 0.6 is 11.3 Å². The first-order valence-corrected chi connectivity index (χ1v) is 10.4. The summed E-state index contributed by atoms with van der Waals surface area (Å²) in [5, 5.41) is 4.46. The molecule has 1 aromatic carbocycles. The number of carbonyl (C=O) groups excluding carboxylic acids is 1. The van der Waals surface area contributed by atoms with E-state index in [4.69, 9.17) is 4.98 Å². The van der Waals surface area contributed by atoms with E-state index in [0.717, 1.165) is 41.7 Å². The number of fused-ring (bicyclic) bond motifs is 1. The zero-order valence-corrected chi connectivity index (χ0v) is 15.8. The molecular weight excluding hydrogens is 330 g/mol. The van der Waals surface area contributed by atoms with E-state index in [2.05, 4.69) is 17.3 Å². The fourth-order valence-corrected chi connectivity index (χ4v) is 5.21. The molecule has 2 heterocycles. The van der Waals surface area contributed by atoms with Gasteiger partial charge >= 0.3 is 0 Å². The van der Waals surface area contributed by atoms with Crippen molar-refractivity contribution in [1.82, 2.24) is 15.2 Å². The van der Waals surface area contributed by atoms with Crippen molar-refractivity contribution >= 4 is 27.5 Å². The van der Waals surface area contributed by atoms with Crippen molar-refractivity contribution in [3.05, 3.63) is 28.8 Å².